The molecule has 2 aliphatic rings. The minimum Gasteiger partial charge on any atom is -0.414 e. The van der Waals surface area contributed by atoms with Gasteiger partial charge in [0.15, 0.2) is 13.7 Å². The van der Waals surface area contributed by atoms with Gasteiger partial charge in [0.25, 0.3) is 0 Å². The van der Waals surface area contributed by atoms with E-state index in [1.165, 1.54) is 12.3 Å². The summed E-state index contributed by atoms with van der Waals surface area (Å²) < 4.78 is 25.2. The summed E-state index contributed by atoms with van der Waals surface area (Å²) in [6.45, 7) is 15.0. The summed E-state index contributed by atoms with van der Waals surface area (Å²) in [6, 6.07) is 31.5. The second-order valence-electron chi connectivity index (χ2n) is 16.0. The number of benzene rings is 4. The fraction of sp³-hybridized carbons (Fsp3) is 0.364. The molecule has 1 unspecified atom stereocenters. The van der Waals surface area contributed by atoms with E-state index < -0.39 is 13.9 Å². The summed E-state index contributed by atoms with van der Waals surface area (Å²) in [5, 5.41) is 5.08. The van der Waals surface area contributed by atoms with E-state index in [4.69, 9.17) is 9.26 Å². The lowest BCUT2D eigenvalue weighted by Gasteiger charge is -2.43. The van der Waals surface area contributed by atoms with Gasteiger partial charge in [0.1, 0.15) is 5.82 Å². The Labute approximate surface area is 308 Å². The molecule has 6 nitrogen and oxygen atoms in total. The number of rotatable bonds is 9. The van der Waals surface area contributed by atoms with Crippen molar-refractivity contribution >= 4 is 31.1 Å². The Balaban J connectivity index is 1.25. The number of aromatic nitrogens is 1. The summed E-state index contributed by atoms with van der Waals surface area (Å²) in [5.74, 6) is -0.342. The molecule has 2 aliphatic heterocycles. The first-order valence-electron chi connectivity index (χ1n) is 18.6. The zero-order valence-electron chi connectivity index (χ0n) is 31.2. The van der Waals surface area contributed by atoms with Gasteiger partial charge in [-0.2, -0.15) is 0 Å². The van der Waals surface area contributed by atoms with Crippen LogP contribution in [0, 0.1) is 5.82 Å². The predicted octanol–water partition coefficient (Wildman–Crippen LogP) is 9.98. The average molecular weight is 716 g/mol. The molecule has 0 radical (unpaired) electrons. The van der Waals surface area contributed by atoms with Crippen molar-refractivity contribution in [2.75, 3.05) is 18.0 Å². The zero-order valence-corrected chi connectivity index (χ0v) is 32.2. The van der Waals surface area contributed by atoms with Crippen LogP contribution < -0.4 is 10.3 Å². The molecule has 4 aromatic carbocycles. The van der Waals surface area contributed by atoms with Gasteiger partial charge in [0.05, 0.1) is 23.0 Å². The first-order valence-corrected chi connectivity index (χ1v) is 21.5. The van der Waals surface area contributed by atoms with Crippen LogP contribution in [-0.4, -0.2) is 38.3 Å². The maximum Gasteiger partial charge on any atom is 0.212 e. The summed E-state index contributed by atoms with van der Waals surface area (Å²) >= 11 is 0. The number of oxime groups is 1. The molecule has 1 atom stereocenters. The third-order valence-corrected chi connectivity index (χ3v) is 16.1. The Morgan fingerprint density at radius 3 is 1.90 bits per heavy atom. The van der Waals surface area contributed by atoms with Crippen molar-refractivity contribution in [1.29, 1.82) is 0 Å². The molecule has 5 aromatic rings. The molecule has 0 aliphatic carbocycles. The fourth-order valence-corrected chi connectivity index (χ4v) is 9.14. The van der Waals surface area contributed by atoms with Gasteiger partial charge < -0.3 is 18.7 Å². The minimum atomic E-state index is -1.90. The first kappa shape index (κ1) is 35.9. The smallest absolute Gasteiger partial charge is 0.212 e. The Morgan fingerprint density at radius 2 is 1.38 bits per heavy atom. The summed E-state index contributed by atoms with van der Waals surface area (Å²) in [6.07, 6.45) is 6.84. The van der Waals surface area contributed by atoms with E-state index in [0.717, 1.165) is 66.5 Å². The summed E-state index contributed by atoms with van der Waals surface area (Å²) in [7, 11) is -1.90. The summed E-state index contributed by atoms with van der Waals surface area (Å²) in [4.78, 5) is 23.0. The molecule has 0 amide bonds. The van der Waals surface area contributed by atoms with E-state index in [9.17, 15) is 4.79 Å². The highest BCUT2D eigenvalue weighted by Gasteiger charge is 2.41. The average Bonchev–Trinajstić information content (AvgIpc) is 3.14. The molecule has 3 heterocycles. The molecule has 0 bridgehead atoms. The highest BCUT2D eigenvalue weighted by Crippen LogP contribution is 2.43. The normalized spacial score (nSPS) is 17.2. The SMILES string of the molecule is CC1CCc2c(N3CCC(O[Si](C)(C)C(C)(C)C)CC3)c(F)cc3c(=O)c(/C=N/OC(c4ccccc4)(c4ccccc4)c4ccccc4)cn1c23. The second-order valence-corrected chi connectivity index (χ2v) is 20.7. The number of pyridine rings is 1. The third kappa shape index (κ3) is 6.52. The van der Waals surface area contributed by atoms with Crippen LogP contribution in [0.25, 0.3) is 10.9 Å². The topological polar surface area (TPSA) is 56.1 Å². The number of hydrogen-bond acceptors (Lipinski definition) is 5. The number of halogens is 1. The first-order chi connectivity index (χ1) is 24.9. The van der Waals surface area contributed by atoms with Gasteiger partial charge >= 0.3 is 0 Å². The quantitative estimate of drug-likeness (QED) is 0.0660. The molecule has 1 saturated heterocycles. The van der Waals surface area contributed by atoms with Crippen LogP contribution in [0.4, 0.5) is 10.1 Å². The van der Waals surface area contributed by atoms with Gasteiger partial charge in [0.2, 0.25) is 5.60 Å². The highest BCUT2D eigenvalue weighted by atomic mass is 28.4. The van der Waals surface area contributed by atoms with Crippen molar-refractivity contribution in [3.8, 4) is 0 Å². The molecule has 270 valence electrons. The maximum atomic E-state index is 16.3. The standard InChI is InChI=1S/C44H50FN3O3Si/c1-31-22-23-37-40-38(28-39(45)41(37)47-26-24-36(25-27-47)50-52(5,6)43(2,3)4)42(49)32(30-48(31)40)29-46-51-44(33-16-10-7-11-17-33,34-18-12-8-13-19-34)35-20-14-9-15-21-35/h7-21,28-31,36H,22-27H2,1-6H3/b46-29+. The molecule has 8 heteroatoms. The Bertz CT molecular complexity index is 2020. The molecular formula is C44H50FN3O3Si. The Kier molecular flexibility index (Phi) is 9.74. The van der Waals surface area contributed by atoms with Gasteiger partial charge in [-0.1, -0.05) is 117 Å². The van der Waals surface area contributed by atoms with Gasteiger partial charge in [-0.25, -0.2) is 4.39 Å². The van der Waals surface area contributed by atoms with Gasteiger partial charge in [-0.05, 0) is 56.8 Å². The fourth-order valence-electron chi connectivity index (χ4n) is 7.72. The van der Waals surface area contributed by atoms with E-state index in [0.29, 0.717) is 16.6 Å². The van der Waals surface area contributed by atoms with Crippen LogP contribution in [0.2, 0.25) is 18.1 Å². The van der Waals surface area contributed by atoms with Crippen LogP contribution in [0.15, 0.2) is 113 Å². The summed E-state index contributed by atoms with van der Waals surface area (Å²) in [5.41, 5.74) is 4.11. The number of nitrogens with zero attached hydrogens (tertiary/aromatic N) is 3. The van der Waals surface area contributed by atoms with Crippen molar-refractivity contribution in [3.05, 3.63) is 147 Å². The van der Waals surface area contributed by atoms with E-state index in [2.05, 4.69) is 55.4 Å². The molecule has 0 spiro atoms. The molecular weight excluding hydrogens is 666 g/mol. The van der Waals surface area contributed by atoms with Crippen molar-refractivity contribution in [1.82, 2.24) is 4.57 Å². The zero-order chi connectivity index (χ0) is 36.7. The van der Waals surface area contributed by atoms with E-state index in [1.54, 1.807) is 0 Å². The molecule has 7 rings (SSSR count). The monoisotopic (exact) mass is 715 g/mol. The maximum absolute atomic E-state index is 16.3. The number of hydrogen-bond donors (Lipinski definition) is 0. The largest absolute Gasteiger partial charge is 0.414 e. The van der Waals surface area contributed by atoms with E-state index >= 15 is 4.39 Å². The van der Waals surface area contributed by atoms with Crippen molar-refractivity contribution < 1.29 is 13.7 Å². The molecule has 1 aromatic heterocycles. The second kappa shape index (κ2) is 14.1. The minimum absolute atomic E-state index is 0.128. The lowest BCUT2D eigenvalue weighted by molar-refractivity contribution is 0.0183. The lowest BCUT2D eigenvalue weighted by atomic mass is 9.80. The van der Waals surface area contributed by atoms with Crippen molar-refractivity contribution in [2.45, 2.75) is 89.3 Å². The van der Waals surface area contributed by atoms with Crippen LogP contribution in [0.5, 0.6) is 0 Å². The van der Waals surface area contributed by atoms with Gasteiger partial charge in [-0.15, -0.1) is 0 Å². The number of anilines is 1. The Hall–Kier alpha value is -4.53. The van der Waals surface area contributed by atoms with Crippen LogP contribution in [0.1, 0.15) is 80.8 Å². The highest BCUT2D eigenvalue weighted by molar-refractivity contribution is 6.74. The molecule has 52 heavy (non-hydrogen) atoms. The molecule has 1 fully saturated rings. The number of piperidine rings is 1. The van der Waals surface area contributed by atoms with E-state index in [-0.39, 0.29) is 28.4 Å². The molecule has 0 saturated carbocycles. The number of aryl methyl sites for hydroxylation is 1. The van der Waals surface area contributed by atoms with Gasteiger partial charge in [-0.3, -0.25) is 4.79 Å². The third-order valence-electron chi connectivity index (χ3n) is 11.6. The van der Waals surface area contributed by atoms with Gasteiger partial charge in [0, 0.05) is 59.1 Å². The van der Waals surface area contributed by atoms with E-state index in [1.807, 2.05) is 97.2 Å². The van der Waals surface area contributed by atoms with Crippen LogP contribution in [0.3, 0.4) is 0 Å². The molecule has 0 N–H and O–H groups in total. The van der Waals surface area contributed by atoms with Crippen molar-refractivity contribution in [2.24, 2.45) is 5.16 Å². The van der Waals surface area contributed by atoms with Crippen molar-refractivity contribution in [3.63, 3.8) is 0 Å². The van der Waals surface area contributed by atoms with Crippen LogP contribution >= 0.6 is 0 Å². The Morgan fingerprint density at radius 1 is 0.846 bits per heavy atom. The van der Waals surface area contributed by atoms with Crippen LogP contribution in [-0.2, 0) is 21.3 Å². The predicted molar refractivity (Wildman–Crippen MR) is 213 cm³/mol. The lowest BCUT2D eigenvalue weighted by Crippen LogP contribution is -2.47.